The van der Waals surface area contributed by atoms with Gasteiger partial charge in [-0.25, -0.2) is 0 Å². The molecular weight excluding hydrogens is 448 g/mol. The molecule has 2 fully saturated rings. The quantitative estimate of drug-likeness (QED) is 0.592. The molecular formula is C26H30N4O3S. The van der Waals surface area contributed by atoms with Crippen molar-refractivity contribution in [2.45, 2.75) is 37.0 Å². The molecule has 2 aromatic rings. The van der Waals surface area contributed by atoms with E-state index in [0.29, 0.717) is 13.1 Å². The number of hydrogen-bond acceptors (Lipinski definition) is 6. The van der Waals surface area contributed by atoms with Gasteiger partial charge in [-0.3, -0.25) is 19.8 Å². The first kappa shape index (κ1) is 23.0. The second-order valence-corrected chi connectivity index (χ2v) is 9.97. The van der Waals surface area contributed by atoms with Crippen molar-refractivity contribution in [2.24, 2.45) is 5.92 Å². The van der Waals surface area contributed by atoms with Crippen LogP contribution in [0.5, 0.6) is 5.75 Å². The number of methoxy groups -OCH3 is 1. The predicted octanol–water partition coefficient (Wildman–Crippen LogP) is 2.55. The molecule has 2 saturated heterocycles. The summed E-state index contributed by atoms with van der Waals surface area (Å²) < 4.78 is 5.19. The van der Waals surface area contributed by atoms with Crippen LogP contribution in [0.3, 0.4) is 0 Å². The van der Waals surface area contributed by atoms with E-state index in [1.807, 2.05) is 42.5 Å². The third-order valence-electron chi connectivity index (χ3n) is 6.78. The van der Waals surface area contributed by atoms with E-state index >= 15 is 0 Å². The highest BCUT2D eigenvalue weighted by molar-refractivity contribution is 8.04. The van der Waals surface area contributed by atoms with E-state index in [4.69, 9.17) is 4.74 Å². The van der Waals surface area contributed by atoms with Crippen LogP contribution in [0.2, 0.25) is 0 Å². The largest absolute Gasteiger partial charge is 0.497 e. The van der Waals surface area contributed by atoms with Gasteiger partial charge in [0.15, 0.2) is 0 Å². The van der Waals surface area contributed by atoms with Crippen molar-refractivity contribution in [1.29, 1.82) is 0 Å². The minimum absolute atomic E-state index is 0.0459. The van der Waals surface area contributed by atoms with Gasteiger partial charge in [0.2, 0.25) is 11.8 Å². The molecule has 3 aliphatic heterocycles. The molecule has 4 atom stereocenters. The fourth-order valence-electron chi connectivity index (χ4n) is 4.89. The van der Waals surface area contributed by atoms with Gasteiger partial charge in [-0.2, -0.15) is 0 Å². The van der Waals surface area contributed by atoms with Gasteiger partial charge >= 0.3 is 0 Å². The standard InChI is InChI=1S/C26H30N4O3S/c1-33-20-11-9-17(10-12-20)14-27-24(31)19-8-5-13-30(15-19)26-28-22-21(18-6-3-2-4-7-18)16-34-23(22)25(32)29-26/h2-4,6-7,9-12,16,19,22-23,26,28H,5,8,13-15H2,1H3,(H,27,31)(H,29,32). The zero-order valence-corrected chi connectivity index (χ0v) is 20.0. The molecule has 178 valence electrons. The molecule has 5 rings (SSSR count). The molecule has 34 heavy (non-hydrogen) atoms. The molecule has 2 aromatic carbocycles. The lowest BCUT2D eigenvalue weighted by Gasteiger charge is -2.43. The Morgan fingerprint density at radius 3 is 2.74 bits per heavy atom. The average molecular weight is 479 g/mol. The fourth-order valence-corrected chi connectivity index (χ4v) is 6.04. The molecule has 0 bridgehead atoms. The molecule has 3 N–H and O–H groups in total. The maximum absolute atomic E-state index is 12.9. The van der Waals surface area contributed by atoms with Crippen LogP contribution in [0, 0.1) is 5.92 Å². The van der Waals surface area contributed by atoms with Crippen LogP contribution in [-0.2, 0) is 16.1 Å². The fraction of sp³-hybridized carbons (Fsp3) is 0.385. The first-order chi connectivity index (χ1) is 16.6. The highest BCUT2D eigenvalue weighted by Crippen LogP contribution is 2.38. The molecule has 0 saturated carbocycles. The Hall–Kier alpha value is -2.81. The van der Waals surface area contributed by atoms with Crippen molar-refractivity contribution in [3.05, 3.63) is 71.1 Å². The lowest BCUT2D eigenvalue weighted by atomic mass is 9.94. The second kappa shape index (κ2) is 10.2. The molecule has 3 aliphatic rings. The minimum Gasteiger partial charge on any atom is -0.497 e. The molecule has 2 amide bonds. The van der Waals surface area contributed by atoms with E-state index in [1.165, 1.54) is 0 Å². The van der Waals surface area contributed by atoms with Crippen LogP contribution in [0.1, 0.15) is 24.0 Å². The predicted molar refractivity (Wildman–Crippen MR) is 134 cm³/mol. The topological polar surface area (TPSA) is 82.7 Å². The minimum atomic E-state index is -0.281. The summed E-state index contributed by atoms with van der Waals surface area (Å²) in [6.07, 6.45) is 1.48. The van der Waals surface area contributed by atoms with Gasteiger partial charge in [0.1, 0.15) is 17.3 Å². The number of ether oxygens (including phenoxy) is 1. The van der Waals surface area contributed by atoms with E-state index in [0.717, 1.165) is 41.8 Å². The van der Waals surface area contributed by atoms with E-state index in [9.17, 15) is 9.59 Å². The summed E-state index contributed by atoms with van der Waals surface area (Å²) in [4.78, 5) is 28.0. The average Bonchev–Trinajstić information content (AvgIpc) is 3.33. The first-order valence-corrected chi connectivity index (χ1v) is 12.7. The van der Waals surface area contributed by atoms with Gasteiger partial charge in [0.25, 0.3) is 0 Å². The van der Waals surface area contributed by atoms with E-state index in [2.05, 4.69) is 38.4 Å². The highest BCUT2D eigenvalue weighted by atomic mass is 32.2. The summed E-state index contributed by atoms with van der Waals surface area (Å²) in [5.41, 5.74) is 3.33. The molecule has 0 radical (unpaired) electrons. The summed E-state index contributed by atoms with van der Waals surface area (Å²) in [6, 6.07) is 17.9. The monoisotopic (exact) mass is 478 g/mol. The van der Waals surface area contributed by atoms with E-state index in [1.54, 1.807) is 18.9 Å². The van der Waals surface area contributed by atoms with Crippen molar-refractivity contribution in [3.63, 3.8) is 0 Å². The molecule has 0 aliphatic carbocycles. The van der Waals surface area contributed by atoms with Gasteiger partial charge in [-0.15, -0.1) is 11.8 Å². The zero-order chi connectivity index (χ0) is 23.5. The third-order valence-corrected chi connectivity index (χ3v) is 7.95. The summed E-state index contributed by atoms with van der Waals surface area (Å²) >= 11 is 1.57. The number of amides is 2. The number of fused-ring (bicyclic) bond motifs is 1. The molecule has 3 heterocycles. The number of hydrogen-bond donors (Lipinski definition) is 3. The maximum atomic E-state index is 12.9. The van der Waals surface area contributed by atoms with Crippen molar-refractivity contribution < 1.29 is 14.3 Å². The number of nitrogens with zero attached hydrogens (tertiary/aromatic N) is 1. The Morgan fingerprint density at radius 1 is 1.18 bits per heavy atom. The van der Waals surface area contributed by atoms with Crippen molar-refractivity contribution in [2.75, 3.05) is 20.2 Å². The summed E-state index contributed by atoms with van der Waals surface area (Å²) in [5, 5.41) is 11.8. The van der Waals surface area contributed by atoms with Crippen LogP contribution in [-0.4, -0.2) is 54.5 Å². The SMILES string of the molecule is COc1ccc(CNC(=O)C2CCCN(C3NC(=O)C4SC=C(c5ccccc5)C4N3)C2)cc1. The number of likely N-dealkylation sites (tertiary alicyclic amines) is 1. The summed E-state index contributed by atoms with van der Waals surface area (Å²) in [5.74, 6) is 0.799. The van der Waals surface area contributed by atoms with Crippen LogP contribution >= 0.6 is 11.8 Å². The smallest absolute Gasteiger partial charge is 0.237 e. The molecule has 7 nitrogen and oxygen atoms in total. The number of benzene rings is 2. The Labute approximate surface area is 204 Å². The lowest BCUT2D eigenvalue weighted by molar-refractivity contribution is -0.129. The van der Waals surface area contributed by atoms with Crippen molar-refractivity contribution in [3.8, 4) is 5.75 Å². The van der Waals surface area contributed by atoms with Crippen molar-refractivity contribution in [1.82, 2.24) is 20.9 Å². The Morgan fingerprint density at radius 2 is 1.97 bits per heavy atom. The van der Waals surface area contributed by atoms with Crippen molar-refractivity contribution >= 4 is 29.1 Å². The zero-order valence-electron chi connectivity index (χ0n) is 19.2. The third kappa shape index (κ3) is 4.85. The van der Waals surface area contributed by atoms with Gasteiger partial charge in [0, 0.05) is 19.6 Å². The number of carbonyl (C=O) groups is 2. The summed E-state index contributed by atoms with van der Waals surface area (Å²) in [6.45, 7) is 1.94. The number of carbonyl (C=O) groups excluding carboxylic acids is 2. The second-order valence-electron chi connectivity index (χ2n) is 8.95. The van der Waals surface area contributed by atoms with Gasteiger partial charge in [0.05, 0.1) is 19.1 Å². The molecule has 0 spiro atoms. The van der Waals surface area contributed by atoms with Gasteiger partial charge in [-0.05, 0) is 47.1 Å². The normalized spacial score (nSPS) is 26.9. The summed E-state index contributed by atoms with van der Waals surface area (Å²) in [7, 11) is 1.64. The van der Waals surface area contributed by atoms with Crippen LogP contribution < -0.4 is 20.7 Å². The van der Waals surface area contributed by atoms with Gasteiger partial charge in [-0.1, -0.05) is 42.5 Å². The molecule has 8 heteroatoms. The lowest BCUT2D eigenvalue weighted by Crippen LogP contribution is -2.69. The number of nitrogens with one attached hydrogen (secondary N) is 3. The Kier molecular flexibility index (Phi) is 6.89. The number of piperidine rings is 1. The Balaban J connectivity index is 1.20. The number of rotatable bonds is 6. The van der Waals surface area contributed by atoms with Gasteiger partial charge < -0.3 is 15.4 Å². The van der Waals surface area contributed by atoms with Crippen LogP contribution in [0.15, 0.2) is 60.0 Å². The highest BCUT2D eigenvalue weighted by Gasteiger charge is 2.44. The van der Waals surface area contributed by atoms with E-state index < -0.39 is 0 Å². The number of thioether (sulfide) groups is 1. The van der Waals surface area contributed by atoms with E-state index in [-0.39, 0.29) is 35.3 Å². The molecule has 4 unspecified atom stereocenters. The Bertz CT molecular complexity index is 1060. The molecule has 0 aromatic heterocycles. The maximum Gasteiger partial charge on any atom is 0.237 e. The first-order valence-electron chi connectivity index (χ1n) is 11.7. The van der Waals surface area contributed by atoms with Crippen LogP contribution in [0.4, 0.5) is 0 Å². The van der Waals surface area contributed by atoms with Crippen LogP contribution in [0.25, 0.3) is 5.57 Å².